The van der Waals surface area contributed by atoms with Crippen molar-refractivity contribution < 1.29 is 17.9 Å². The van der Waals surface area contributed by atoms with E-state index in [1.807, 2.05) is 0 Å². The number of carbonyl (C=O) groups excluding carboxylic acids is 1. The van der Waals surface area contributed by atoms with Crippen LogP contribution in [-0.4, -0.2) is 38.7 Å². The van der Waals surface area contributed by atoms with Crippen LogP contribution in [0.5, 0.6) is 5.88 Å². The number of anilines is 1. The smallest absolute Gasteiger partial charge is 0.237 e. The molecule has 2 heterocycles. The average Bonchev–Trinajstić information content (AvgIpc) is 2.67. The maximum atomic E-state index is 12.0. The number of hydrogen-bond donors (Lipinski definition) is 0. The highest BCUT2D eigenvalue weighted by atomic mass is 79.9. The number of methoxy groups -OCH3 is 1. The number of rotatable bonds is 4. The van der Waals surface area contributed by atoms with Crippen molar-refractivity contribution in [1.29, 1.82) is 0 Å². The summed E-state index contributed by atoms with van der Waals surface area (Å²) in [4.78, 5) is 17.6. The Bertz CT molecular complexity index is 637. The molecule has 1 aromatic rings. The van der Waals surface area contributed by atoms with Gasteiger partial charge in [-0.2, -0.15) is 0 Å². The lowest BCUT2D eigenvalue weighted by molar-refractivity contribution is -0.117. The highest BCUT2D eigenvalue weighted by molar-refractivity contribution is 9.10. The van der Waals surface area contributed by atoms with E-state index in [9.17, 15) is 13.2 Å². The summed E-state index contributed by atoms with van der Waals surface area (Å²) in [6.45, 7) is 0.277. The molecular weight excluding hydrogens is 372 g/mol. The summed E-state index contributed by atoms with van der Waals surface area (Å²) < 4.78 is 28.0. The minimum Gasteiger partial charge on any atom is -0.480 e. The van der Waals surface area contributed by atoms with Gasteiger partial charge in [0, 0.05) is 40.2 Å². The van der Waals surface area contributed by atoms with Crippen LogP contribution in [0.15, 0.2) is 16.7 Å². The van der Waals surface area contributed by atoms with Crippen LogP contribution in [-0.2, 0) is 13.8 Å². The second kappa shape index (κ2) is 5.87. The molecule has 0 saturated carbocycles. The highest BCUT2D eigenvalue weighted by Crippen LogP contribution is 2.34. The van der Waals surface area contributed by atoms with Crippen molar-refractivity contribution in [3.05, 3.63) is 16.7 Å². The highest BCUT2D eigenvalue weighted by Gasteiger charge is 2.34. The van der Waals surface area contributed by atoms with Crippen LogP contribution < -0.4 is 9.64 Å². The first kappa shape index (κ1) is 15.5. The zero-order chi connectivity index (χ0) is 14.9. The van der Waals surface area contributed by atoms with Crippen molar-refractivity contribution in [2.75, 3.05) is 24.3 Å². The van der Waals surface area contributed by atoms with Crippen molar-refractivity contribution in [3.63, 3.8) is 0 Å². The van der Waals surface area contributed by atoms with E-state index < -0.39 is 9.05 Å². The van der Waals surface area contributed by atoms with Crippen molar-refractivity contribution in [2.45, 2.75) is 6.42 Å². The molecule has 20 heavy (non-hydrogen) atoms. The number of nitrogens with zero attached hydrogens (tertiary/aromatic N) is 2. The normalized spacial score (nSPS) is 19.4. The van der Waals surface area contributed by atoms with Crippen LogP contribution in [0.3, 0.4) is 0 Å². The van der Waals surface area contributed by atoms with Crippen molar-refractivity contribution in [3.8, 4) is 5.88 Å². The zero-order valence-electron chi connectivity index (χ0n) is 10.5. The molecule has 110 valence electrons. The van der Waals surface area contributed by atoms with Gasteiger partial charge in [0.05, 0.1) is 12.9 Å². The number of amides is 1. The summed E-state index contributed by atoms with van der Waals surface area (Å²) in [6, 6.07) is 1.71. The number of hydrogen-bond acceptors (Lipinski definition) is 5. The maximum Gasteiger partial charge on any atom is 0.237 e. The van der Waals surface area contributed by atoms with Gasteiger partial charge in [0.15, 0.2) is 0 Å². The second-order valence-corrected chi connectivity index (χ2v) is 8.20. The van der Waals surface area contributed by atoms with E-state index >= 15 is 0 Å². The predicted molar refractivity (Wildman–Crippen MR) is 78.6 cm³/mol. The van der Waals surface area contributed by atoms with Gasteiger partial charge in [0.2, 0.25) is 20.8 Å². The summed E-state index contributed by atoms with van der Waals surface area (Å²) in [5.41, 5.74) is 0.515. The van der Waals surface area contributed by atoms with E-state index in [0.29, 0.717) is 16.0 Å². The topological polar surface area (TPSA) is 76.6 Å². The summed E-state index contributed by atoms with van der Waals surface area (Å²) in [5.74, 6) is -0.404. The van der Waals surface area contributed by atoms with Crippen LogP contribution in [0.4, 0.5) is 5.69 Å². The monoisotopic (exact) mass is 382 g/mol. The number of pyridine rings is 1. The van der Waals surface area contributed by atoms with Gasteiger partial charge in [-0.1, -0.05) is 0 Å². The fraction of sp³-hybridized carbons (Fsp3) is 0.455. The first-order chi connectivity index (χ1) is 9.30. The molecule has 9 heteroatoms. The summed E-state index contributed by atoms with van der Waals surface area (Å²) in [5, 5.41) is 0. The Morgan fingerprint density at radius 2 is 2.30 bits per heavy atom. The molecule has 2 rings (SSSR count). The average molecular weight is 384 g/mol. The maximum absolute atomic E-state index is 12.0. The summed E-state index contributed by atoms with van der Waals surface area (Å²) in [7, 11) is 3.07. The van der Waals surface area contributed by atoms with Crippen molar-refractivity contribution >= 4 is 47.3 Å². The van der Waals surface area contributed by atoms with E-state index in [1.54, 1.807) is 12.3 Å². The van der Waals surface area contributed by atoms with Crippen LogP contribution >= 0.6 is 26.6 Å². The molecule has 0 N–H and O–H groups in total. The number of halogens is 2. The van der Waals surface area contributed by atoms with E-state index in [2.05, 4.69) is 20.9 Å². The molecule has 1 atom stereocenters. The largest absolute Gasteiger partial charge is 0.480 e. The SMILES string of the molecule is COc1ncc(Br)cc1N1CC(CS(=O)(=O)Cl)CC1=O. The lowest BCUT2D eigenvalue weighted by Crippen LogP contribution is -2.26. The third-order valence-corrected chi connectivity index (χ3v) is 4.60. The van der Waals surface area contributed by atoms with Crippen molar-refractivity contribution in [1.82, 2.24) is 4.98 Å². The number of ether oxygens (including phenoxy) is 1. The third kappa shape index (κ3) is 3.62. The molecule has 0 bridgehead atoms. The van der Waals surface area contributed by atoms with E-state index in [-0.39, 0.29) is 30.5 Å². The molecule has 6 nitrogen and oxygen atoms in total. The van der Waals surface area contributed by atoms with E-state index in [0.717, 1.165) is 0 Å². The van der Waals surface area contributed by atoms with Gasteiger partial charge in [0.25, 0.3) is 0 Å². The molecule has 0 spiro atoms. The Labute approximate surface area is 129 Å². The molecule has 1 unspecified atom stereocenters. The molecule has 1 saturated heterocycles. The van der Waals surface area contributed by atoms with Crippen molar-refractivity contribution in [2.24, 2.45) is 5.92 Å². The molecule has 1 aliphatic heterocycles. The zero-order valence-corrected chi connectivity index (χ0v) is 13.7. The predicted octanol–water partition coefficient (Wildman–Crippen LogP) is 1.77. The molecule has 0 aromatic carbocycles. The lowest BCUT2D eigenvalue weighted by atomic mass is 10.1. The minimum atomic E-state index is -3.62. The number of carbonyl (C=O) groups is 1. The Kier molecular flexibility index (Phi) is 4.55. The third-order valence-electron chi connectivity index (χ3n) is 2.92. The fourth-order valence-electron chi connectivity index (χ4n) is 2.17. The van der Waals surface area contributed by atoms with Gasteiger partial charge in [-0.15, -0.1) is 0 Å². The van der Waals surface area contributed by atoms with Gasteiger partial charge >= 0.3 is 0 Å². The van der Waals surface area contributed by atoms with Crippen LogP contribution in [0.25, 0.3) is 0 Å². The first-order valence-electron chi connectivity index (χ1n) is 5.72. The van der Waals surface area contributed by atoms with Crippen LogP contribution in [0, 0.1) is 5.92 Å². The Morgan fingerprint density at radius 1 is 1.60 bits per heavy atom. The Morgan fingerprint density at radius 3 is 2.90 bits per heavy atom. The first-order valence-corrected chi connectivity index (χ1v) is 8.99. The molecule has 1 amide bonds. The Hall–Kier alpha value is -0.860. The number of aromatic nitrogens is 1. The summed E-state index contributed by atoms with van der Waals surface area (Å²) in [6.07, 6.45) is 1.70. The lowest BCUT2D eigenvalue weighted by Gasteiger charge is -2.18. The minimum absolute atomic E-state index is 0.140. The fourth-order valence-corrected chi connectivity index (χ4v) is 3.81. The molecule has 1 fully saturated rings. The Balaban J connectivity index is 2.26. The van der Waals surface area contributed by atoms with Crippen LogP contribution in [0.1, 0.15) is 6.42 Å². The van der Waals surface area contributed by atoms with Gasteiger partial charge in [-0.3, -0.25) is 4.79 Å². The van der Waals surface area contributed by atoms with Gasteiger partial charge in [0.1, 0.15) is 5.69 Å². The van der Waals surface area contributed by atoms with E-state index in [1.165, 1.54) is 12.0 Å². The van der Waals surface area contributed by atoms with Gasteiger partial charge in [-0.05, 0) is 22.0 Å². The quantitative estimate of drug-likeness (QED) is 0.741. The molecule has 0 aliphatic carbocycles. The molecular formula is C11H12BrClN2O4S. The summed E-state index contributed by atoms with van der Waals surface area (Å²) >= 11 is 3.28. The van der Waals surface area contributed by atoms with Crippen LogP contribution in [0.2, 0.25) is 0 Å². The molecule has 0 radical (unpaired) electrons. The molecule has 1 aliphatic rings. The van der Waals surface area contributed by atoms with Gasteiger partial charge < -0.3 is 9.64 Å². The standard InChI is InChI=1S/C11H12BrClN2O4S/c1-19-11-9(3-8(12)4-14-11)15-5-7(2-10(15)16)6-20(13,17)18/h3-4,7H,2,5-6H2,1H3. The van der Waals surface area contributed by atoms with Gasteiger partial charge in [-0.25, -0.2) is 13.4 Å². The van der Waals surface area contributed by atoms with E-state index in [4.69, 9.17) is 15.4 Å². The molecule has 1 aromatic heterocycles. The second-order valence-electron chi connectivity index (χ2n) is 4.46.